The number of carbonyl (C=O) groups is 1. The summed E-state index contributed by atoms with van der Waals surface area (Å²) in [6.07, 6.45) is 2.64. The maximum absolute atomic E-state index is 12.0. The second-order valence-electron chi connectivity index (χ2n) is 5.25. The lowest BCUT2D eigenvalue weighted by molar-refractivity contribution is -0.122. The summed E-state index contributed by atoms with van der Waals surface area (Å²) in [4.78, 5) is 12.0. The number of amides is 1. The highest BCUT2D eigenvalue weighted by atomic mass is 79.9. The SMILES string of the molecule is CC(CC(=O)NC1CCNCC1)c1ccc(Br)cc1. The van der Waals surface area contributed by atoms with Crippen LogP contribution in [-0.2, 0) is 4.79 Å². The van der Waals surface area contributed by atoms with Crippen LogP contribution in [0.4, 0.5) is 0 Å². The van der Waals surface area contributed by atoms with E-state index < -0.39 is 0 Å². The van der Waals surface area contributed by atoms with E-state index in [4.69, 9.17) is 0 Å². The number of hydrogen-bond donors (Lipinski definition) is 2. The van der Waals surface area contributed by atoms with Crippen molar-refractivity contribution in [2.24, 2.45) is 0 Å². The minimum absolute atomic E-state index is 0.169. The zero-order valence-corrected chi connectivity index (χ0v) is 12.9. The maximum atomic E-state index is 12.0. The summed E-state index contributed by atoms with van der Waals surface area (Å²) in [5.41, 5.74) is 1.21. The van der Waals surface area contributed by atoms with Crippen LogP contribution in [0, 0.1) is 0 Å². The number of halogens is 1. The van der Waals surface area contributed by atoms with Gasteiger partial charge in [-0.05, 0) is 49.5 Å². The van der Waals surface area contributed by atoms with Crippen LogP contribution < -0.4 is 10.6 Å². The predicted molar refractivity (Wildman–Crippen MR) is 81.2 cm³/mol. The summed E-state index contributed by atoms with van der Waals surface area (Å²) in [7, 11) is 0. The molecule has 2 rings (SSSR count). The Morgan fingerprint density at radius 3 is 2.63 bits per heavy atom. The molecule has 0 radical (unpaired) electrons. The first-order valence-corrected chi connectivity index (χ1v) is 7.70. The molecule has 0 spiro atoms. The molecule has 1 heterocycles. The Morgan fingerprint density at radius 2 is 2.00 bits per heavy atom. The van der Waals surface area contributed by atoms with Crippen molar-refractivity contribution in [2.45, 2.75) is 38.1 Å². The molecule has 1 aliphatic rings. The van der Waals surface area contributed by atoms with Gasteiger partial charge in [-0.3, -0.25) is 4.79 Å². The molecule has 3 nitrogen and oxygen atoms in total. The van der Waals surface area contributed by atoms with Gasteiger partial charge >= 0.3 is 0 Å². The zero-order valence-electron chi connectivity index (χ0n) is 11.3. The standard InChI is InChI=1S/C15H21BrN2O/c1-11(12-2-4-13(16)5-3-12)10-15(19)18-14-6-8-17-9-7-14/h2-5,11,14,17H,6-10H2,1H3,(H,18,19). The van der Waals surface area contributed by atoms with Gasteiger partial charge in [-0.15, -0.1) is 0 Å². The molecule has 1 atom stereocenters. The number of carbonyl (C=O) groups excluding carboxylic acids is 1. The van der Waals surface area contributed by atoms with Gasteiger partial charge in [0.2, 0.25) is 5.91 Å². The largest absolute Gasteiger partial charge is 0.353 e. The van der Waals surface area contributed by atoms with Crippen LogP contribution in [0.15, 0.2) is 28.7 Å². The molecule has 1 aromatic carbocycles. The average molecular weight is 325 g/mol. The first-order chi connectivity index (χ1) is 9.15. The lowest BCUT2D eigenvalue weighted by Gasteiger charge is -2.24. The fraction of sp³-hybridized carbons (Fsp3) is 0.533. The summed E-state index contributed by atoms with van der Waals surface area (Å²) in [5.74, 6) is 0.428. The molecule has 19 heavy (non-hydrogen) atoms. The third-order valence-corrected chi connectivity index (χ3v) is 4.16. The zero-order chi connectivity index (χ0) is 13.7. The quantitative estimate of drug-likeness (QED) is 0.894. The molecule has 0 aromatic heterocycles. The third kappa shape index (κ3) is 4.62. The molecule has 0 saturated carbocycles. The van der Waals surface area contributed by atoms with E-state index in [0.717, 1.165) is 30.4 Å². The monoisotopic (exact) mass is 324 g/mol. The van der Waals surface area contributed by atoms with Crippen LogP contribution in [0.3, 0.4) is 0 Å². The van der Waals surface area contributed by atoms with Crippen molar-refractivity contribution in [3.8, 4) is 0 Å². The highest BCUT2D eigenvalue weighted by molar-refractivity contribution is 9.10. The highest BCUT2D eigenvalue weighted by Gasteiger charge is 2.17. The summed E-state index contributed by atoms with van der Waals surface area (Å²) >= 11 is 3.43. The first kappa shape index (κ1) is 14.5. The molecule has 1 saturated heterocycles. The first-order valence-electron chi connectivity index (χ1n) is 6.90. The second-order valence-corrected chi connectivity index (χ2v) is 6.16. The normalized spacial score (nSPS) is 18.0. The fourth-order valence-electron chi connectivity index (χ4n) is 2.44. The van der Waals surface area contributed by atoms with Crippen molar-refractivity contribution >= 4 is 21.8 Å². The van der Waals surface area contributed by atoms with Gasteiger partial charge in [0.15, 0.2) is 0 Å². The van der Waals surface area contributed by atoms with E-state index in [-0.39, 0.29) is 11.8 Å². The number of benzene rings is 1. The number of piperidine rings is 1. The average Bonchev–Trinajstić information content (AvgIpc) is 2.40. The minimum Gasteiger partial charge on any atom is -0.353 e. The Kier molecular flexibility index (Phi) is 5.40. The van der Waals surface area contributed by atoms with Crippen LogP contribution >= 0.6 is 15.9 Å². The van der Waals surface area contributed by atoms with Crippen molar-refractivity contribution in [1.82, 2.24) is 10.6 Å². The van der Waals surface area contributed by atoms with Gasteiger partial charge < -0.3 is 10.6 Å². The maximum Gasteiger partial charge on any atom is 0.220 e. The van der Waals surface area contributed by atoms with Gasteiger partial charge in [0.25, 0.3) is 0 Å². The summed E-state index contributed by atoms with van der Waals surface area (Å²) in [5, 5.41) is 6.45. The minimum atomic E-state index is 0.169. The van der Waals surface area contributed by atoms with Gasteiger partial charge in [-0.1, -0.05) is 35.0 Å². The molecule has 2 N–H and O–H groups in total. The highest BCUT2D eigenvalue weighted by Crippen LogP contribution is 2.21. The van der Waals surface area contributed by atoms with Crippen molar-refractivity contribution in [3.05, 3.63) is 34.3 Å². The van der Waals surface area contributed by atoms with Gasteiger partial charge in [-0.2, -0.15) is 0 Å². The Hall–Kier alpha value is -0.870. The van der Waals surface area contributed by atoms with Crippen molar-refractivity contribution in [3.63, 3.8) is 0 Å². The van der Waals surface area contributed by atoms with Crippen LogP contribution in [0.25, 0.3) is 0 Å². The second kappa shape index (κ2) is 7.06. The number of nitrogens with one attached hydrogen (secondary N) is 2. The number of hydrogen-bond acceptors (Lipinski definition) is 2. The smallest absolute Gasteiger partial charge is 0.220 e. The van der Waals surface area contributed by atoms with E-state index in [1.165, 1.54) is 5.56 Å². The molecule has 1 unspecified atom stereocenters. The molecule has 1 aliphatic heterocycles. The van der Waals surface area contributed by atoms with Crippen molar-refractivity contribution < 1.29 is 4.79 Å². The Balaban J connectivity index is 1.82. The van der Waals surface area contributed by atoms with Crippen molar-refractivity contribution in [1.29, 1.82) is 0 Å². The third-order valence-electron chi connectivity index (χ3n) is 3.63. The van der Waals surface area contributed by atoms with Gasteiger partial charge in [0.05, 0.1) is 0 Å². The van der Waals surface area contributed by atoms with E-state index in [0.29, 0.717) is 12.5 Å². The molecular formula is C15H21BrN2O. The molecule has 4 heteroatoms. The van der Waals surface area contributed by atoms with Crippen LogP contribution in [0.1, 0.15) is 37.7 Å². The van der Waals surface area contributed by atoms with Crippen LogP contribution in [-0.4, -0.2) is 25.0 Å². The van der Waals surface area contributed by atoms with Gasteiger partial charge in [-0.25, -0.2) is 0 Å². The molecule has 0 bridgehead atoms. The van der Waals surface area contributed by atoms with E-state index in [1.54, 1.807) is 0 Å². The van der Waals surface area contributed by atoms with E-state index >= 15 is 0 Å². The van der Waals surface area contributed by atoms with E-state index in [9.17, 15) is 4.79 Å². The predicted octanol–water partition coefficient (Wildman–Crippen LogP) is 2.81. The molecule has 1 aromatic rings. The molecule has 1 fully saturated rings. The van der Waals surface area contributed by atoms with E-state index in [1.807, 2.05) is 12.1 Å². The molecular weight excluding hydrogens is 304 g/mol. The van der Waals surface area contributed by atoms with E-state index in [2.05, 4.69) is 45.6 Å². The molecule has 1 amide bonds. The lowest BCUT2D eigenvalue weighted by atomic mass is 9.97. The Bertz CT molecular complexity index is 413. The van der Waals surface area contributed by atoms with Crippen LogP contribution in [0.5, 0.6) is 0 Å². The van der Waals surface area contributed by atoms with Gasteiger partial charge in [0.1, 0.15) is 0 Å². The Labute approximate surface area is 123 Å². The topological polar surface area (TPSA) is 41.1 Å². The summed E-state index contributed by atoms with van der Waals surface area (Å²) < 4.78 is 1.07. The van der Waals surface area contributed by atoms with Gasteiger partial charge in [0, 0.05) is 16.9 Å². The Morgan fingerprint density at radius 1 is 1.37 bits per heavy atom. The van der Waals surface area contributed by atoms with Crippen LogP contribution in [0.2, 0.25) is 0 Å². The fourth-order valence-corrected chi connectivity index (χ4v) is 2.70. The summed E-state index contributed by atoms with van der Waals surface area (Å²) in [6.45, 7) is 4.12. The number of rotatable bonds is 4. The van der Waals surface area contributed by atoms with Crippen molar-refractivity contribution in [2.75, 3.05) is 13.1 Å². The lowest BCUT2D eigenvalue weighted by Crippen LogP contribution is -2.42. The molecule has 104 valence electrons. The molecule has 0 aliphatic carbocycles. The summed E-state index contributed by atoms with van der Waals surface area (Å²) in [6, 6.07) is 8.55.